The van der Waals surface area contributed by atoms with Gasteiger partial charge >= 0.3 is 0 Å². The second-order valence-electron chi connectivity index (χ2n) is 6.23. The highest BCUT2D eigenvalue weighted by Crippen LogP contribution is 2.25. The van der Waals surface area contributed by atoms with Crippen molar-refractivity contribution in [2.24, 2.45) is 0 Å². The van der Waals surface area contributed by atoms with Crippen LogP contribution in [0.1, 0.15) is 31.2 Å². The molecule has 6 heteroatoms. The molecule has 136 valence electrons. The first-order chi connectivity index (χ1) is 12.6. The average molecular weight is 417 g/mol. The Balaban J connectivity index is 1.45. The number of benzene rings is 2. The zero-order chi connectivity index (χ0) is 18.4. The summed E-state index contributed by atoms with van der Waals surface area (Å²) in [6, 6.07) is 13.2. The summed E-state index contributed by atoms with van der Waals surface area (Å²) in [4.78, 5) is 23.7. The van der Waals surface area contributed by atoms with Crippen molar-refractivity contribution in [2.45, 2.75) is 32.1 Å². The summed E-state index contributed by atoms with van der Waals surface area (Å²) in [6.07, 6.45) is 3.23. The van der Waals surface area contributed by atoms with Gasteiger partial charge in [-0.3, -0.25) is 9.59 Å². The van der Waals surface area contributed by atoms with Gasteiger partial charge in [0.05, 0.1) is 6.61 Å². The zero-order valence-electron chi connectivity index (χ0n) is 14.4. The fraction of sp³-hybridized carbons (Fsp3) is 0.300. The molecule has 5 nitrogen and oxygen atoms in total. The van der Waals surface area contributed by atoms with Gasteiger partial charge in [-0.05, 0) is 67.3 Å². The van der Waals surface area contributed by atoms with Gasteiger partial charge < -0.3 is 15.4 Å². The van der Waals surface area contributed by atoms with Gasteiger partial charge in [0.2, 0.25) is 11.8 Å². The molecule has 2 amide bonds. The van der Waals surface area contributed by atoms with Crippen LogP contribution in [0.4, 0.5) is 11.4 Å². The summed E-state index contributed by atoms with van der Waals surface area (Å²) >= 11 is 3.38. The fourth-order valence-electron chi connectivity index (χ4n) is 2.83. The molecular formula is C20H21BrN2O3. The highest BCUT2D eigenvalue weighted by atomic mass is 79.9. The van der Waals surface area contributed by atoms with E-state index in [1.54, 1.807) is 0 Å². The SMILES string of the molecule is O=C(CCCOc1ccc(Br)cc1)Nc1ccc2c(c1)CCCC(=O)N2. The van der Waals surface area contributed by atoms with Crippen molar-refractivity contribution < 1.29 is 14.3 Å². The van der Waals surface area contributed by atoms with Crippen LogP contribution in [0.5, 0.6) is 5.75 Å². The van der Waals surface area contributed by atoms with Gasteiger partial charge in [-0.1, -0.05) is 15.9 Å². The quantitative estimate of drug-likeness (QED) is 0.680. The molecule has 0 saturated carbocycles. The molecule has 2 aromatic rings. The number of anilines is 2. The molecule has 2 N–H and O–H groups in total. The molecule has 0 aliphatic carbocycles. The maximum absolute atomic E-state index is 12.1. The molecule has 0 saturated heterocycles. The van der Waals surface area contributed by atoms with E-state index in [-0.39, 0.29) is 11.8 Å². The van der Waals surface area contributed by atoms with E-state index in [9.17, 15) is 9.59 Å². The topological polar surface area (TPSA) is 67.4 Å². The Kier molecular flexibility index (Phi) is 6.28. The second kappa shape index (κ2) is 8.85. The number of aryl methyl sites for hydroxylation is 1. The number of hydrogen-bond donors (Lipinski definition) is 2. The molecule has 1 aliphatic rings. The Morgan fingerprint density at radius 3 is 2.77 bits per heavy atom. The van der Waals surface area contributed by atoms with Gasteiger partial charge in [0, 0.05) is 28.7 Å². The number of ether oxygens (including phenoxy) is 1. The summed E-state index contributed by atoms with van der Waals surface area (Å²) in [5.74, 6) is 0.801. The lowest BCUT2D eigenvalue weighted by molar-refractivity contribution is -0.117. The van der Waals surface area contributed by atoms with Crippen LogP contribution in [0, 0.1) is 0 Å². The first-order valence-corrected chi connectivity index (χ1v) is 9.50. The van der Waals surface area contributed by atoms with Gasteiger partial charge in [0.25, 0.3) is 0 Å². The molecule has 0 fully saturated rings. The molecule has 3 rings (SSSR count). The number of amides is 2. The minimum absolute atomic E-state index is 0.0398. The van der Waals surface area contributed by atoms with Crippen molar-refractivity contribution in [3.8, 4) is 5.75 Å². The maximum atomic E-state index is 12.1. The van der Waals surface area contributed by atoms with Crippen LogP contribution in [0.3, 0.4) is 0 Å². The van der Waals surface area contributed by atoms with Crippen molar-refractivity contribution in [3.05, 3.63) is 52.5 Å². The van der Waals surface area contributed by atoms with Crippen molar-refractivity contribution in [1.29, 1.82) is 0 Å². The molecule has 1 aliphatic heterocycles. The van der Waals surface area contributed by atoms with E-state index in [0.717, 1.165) is 40.0 Å². The molecule has 0 unspecified atom stereocenters. The molecule has 0 aromatic heterocycles. The third kappa shape index (κ3) is 5.33. The summed E-state index contributed by atoms with van der Waals surface area (Å²) in [6.45, 7) is 0.491. The van der Waals surface area contributed by atoms with Gasteiger partial charge in [-0.2, -0.15) is 0 Å². The first kappa shape index (κ1) is 18.5. The summed E-state index contributed by atoms with van der Waals surface area (Å²) < 4.78 is 6.62. The lowest BCUT2D eigenvalue weighted by Gasteiger charge is -2.11. The Morgan fingerprint density at radius 2 is 1.96 bits per heavy atom. The standard InChI is InChI=1S/C20H21BrN2O3/c21-15-6-9-17(10-7-15)26-12-2-5-19(24)22-16-8-11-18-14(13-16)3-1-4-20(25)23-18/h6-11,13H,1-5,12H2,(H,22,24)(H,23,25). The first-order valence-electron chi connectivity index (χ1n) is 8.71. The van der Waals surface area contributed by atoms with Crippen LogP contribution in [0.2, 0.25) is 0 Å². The van der Waals surface area contributed by atoms with Gasteiger partial charge in [0.15, 0.2) is 0 Å². The van der Waals surface area contributed by atoms with Crippen molar-refractivity contribution >= 4 is 39.1 Å². The summed E-state index contributed by atoms with van der Waals surface area (Å²) in [7, 11) is 0. The van der Waals surface area contributed by atoms with Gasteiger partial charge in [0.1, 0.15) is 5.75 Å². The smallest absolute Gasteiger partial charge is 0.224 e. The molecule has 0 atom stereocenters. The maximum Gasteiger partial charge on any atom is 0.224 e. The van der Waals surface area contributed by atoms with E-state index < -0.39 is 0 Å². The van der Waals surface area contributed by atoms with E-state index in [1.165, 1.54) is 0 Å². The van der Waals surface area contributed by atoms with E-state index in [4.69, 9.17) is 4.74 Å². The number of halogens is 1. The Hall–Kier alpha value is -2.34. The Labute approximate surface area is 161 Å². The second-order valence-corrected chi connectivity index (χ2v) is 7.14. The molecule has 0 bridgehead atoms. The molecule has 1 heterocycles. The molecule has 26 heavy (non-hydrogen) atoms. The summed E-state index contributed by atoms with van der Waals surface area (Å²) in [5, 5.41) is 5.81. The Morgan fingerprint density at radius 1 is 1.15 bits per heavy atom. The molecule has 0 radical (unpaired) electrons. The molecule has 2 aromatic carbocycles. The third-order valence-electron chi connectivity index (χ3n) is 4.14. The van der Waals surface area contributed by atoms with Crippen LogP contribution in [-0.2, 0) is 16.0 Å². The van der Waals surface area contributed by atoms with E-state index >= 15 is 0 Å². The van der Waals surface area contributed by atoms with E-state index in [2.05, 4.69) is 26.6 Å². The van der Waals surface area contributed by atoms with E-state index in [0.29, 0.717) is 25.9 Å². The number of carbonyl (C=O) groups excluding carboxylic acids is 2. The highest BCUT2D eigenvalue weighted by molar-refractivity contribution is 9.10. The monoisotopic (exact) mass is 416 g/mol. The fourth-order valence-corrected chi connectivity index (χ4v) is 3.09. The minimum Gasteiger partial charge on any atom is -0.494 e. The minimum atomic E-state index is -0.0398. The Bertz CT molecular complexity index is 790. The van der Waals surface area contributed by atoms with Gasteiger partial charge in [-0.25, -0.2) is 0 Å². The van der Waals surface area contributed by atoms with Crippen LogP contribution < -0.4 is 15.4 Å². The third-order valence-corrected chi connectivity index (χ3v) is 4.67. The highest BCUT2D eigenvalue weighted by Gasteiger charge is 2.13. The largest absolute Gasteiger partial charge is 0.494 e. The molecule has 0 spiro atoms. The summed E-state index contributed by atoms with van der Waals surface area (Å²) in [5.41, 5.74) is 2.67. The van der Waals surface area contributed by atoms with Crippen molar-refractivity contribution in [2.75, 3.05) is 17.2 Å². The van der Waals surface area contributed by atoms with E-state index in [1.807, 2.05) is 42.5 Å². The average Bonchev–Trinajstić information content (AvgIpc) is 2.80. The van der Waals surface area contributed by atoms with Crippen LogP contribution in [0.25, 0.3) is 0 Å². The predicted octanol–water partition coefficient (Wildman–Crippen LogP) is 4.52. The van der Waals surface area contributed by atoms with Crippen molar-refractivity contribution in [1.82, 2.24) is 0 Å². The number of hydrogen-bond acceptors (Lipinski definition) is 3. The number of carbonyl (C=O) groups is 2. The predicted molar refractivity (Wildman–Crippen MR) is 106 cm³/mol. The molecular weight excluding hydrogens is 396 g/mol. The lowest BCUT2D eigenvalue weighted by atomic mass is 10.1. The normalized spacial score (nSPS) is 13.3. The van der Waals surface area contributed by atoms with Gasteiger partial charge in [-0.15, -0.1) is 0 Å². The lowest BCUT2D eigenvalue weighted by Crippen LogP contribution is -2.13. The van der Waals surface area contributed by atoms with Crippen molar-refractivity contribution in [3.63, 3.8) is 0 Å². The van der Waals surface area contributed by atoms with Crippen LogP contribution in [0.15, 0.2) is 46.9 Å². The number of fused-ring (bicyclic) bond motifs is 1. The van der Waals surface area contributed by atoms with Crippen LogP contribution in [-0.4, -0.2) is 18.4 Å². The number of nitrogens with one attached hydrogen (secondary N) is 2. The number of rotatable bonds is 6. The van der Waals surface area contributed by atoms with Crippen LogP contribution >= 0.6 is 15.9 Å². The zero-order valence-corrected chi connectivity index (χ0v) is 16.0.